The van der Waals surface area contributed by atoms with Gasteiger partial charge in [-0.2, -0.15) is 0 Å². The standard InChI is InChI=1S/H2OP2.Ru/c1-3-2;/h2H2;. The zero-order valence-electron chi connectivity index (χ0n) is 1.79. The Kier molecular flexibility index (Phi) is 19.9. The molecule has 0 aliphatic heterocycles. The molecule has 0 radical (unpaired) electrons. The summed E-state index contributed by atoms with van der Waals surface area (Å²) < 4.78 is 8.87. The van der Waals surface area contributed by atoms with Gasteiger partial charge in [-0.25, -0.2) is 0 Å². The Morgan fingerprint density at radius 3 is 1.75 bits per heavy atom. The maximum absolute atomic E-state index is 8.87. The first-order chi connectivity index (χ1) is 1.41. The molecule has 1 nitrogen and oxygen atoms in total. The van der Waals surface area contributed by atoms with E-state index in [1.54, 1.807) is 0 Å². The molecular formula is H2OP2Ru. The predicted octanol–water partition coefficient (Wildman–Crippen LogP) is 1.07. The van der Waals surface area contributed by atoms with Gasteiger partial charge in [-0.15, -0.1) is 0 Å². The van der Waals surface area contributed by atoms with Crippen LogP contribution in [0.1, 0.15) is 0 Å². The quantitative estimate of drug-likeness (QED) is 0.403. The molecule has 4 heavy (non-hydrogen) atoms. The van der Waals surface area contributed by atoms with Gasteiger partial charge in [-0.3, -0.25) is 4.57 Å². The van der Waals surface area contributed by atoms with Crippen LogP contribution in [0.15, 0.2) is 0 Å². The maximum atomic E-state index is 8.87. The fourth-order valence-electron chi connectivity index (χ4n) is 0. The Bertz CT molecular complexity index is 13.5. The molecule has 1 atom stereocenters. The van der Waals surface area contributed by atoms with Crippen molar-refractivity contribution in [2.75, 3.05) is 0 Å². The Hall–Kier alpha value is 1.15. The van der Waals surface area contributed by atoms with Crippen LogP contribution in [-0.2, 0) is 24.0 Å². The van der Waals surface area contributed by atoms with E-state index in [9.17, 15) is 0 Å². The zero-order chi connectivity index (χ0) is 2.71. The van der Waals surface area contributed by atoms with Gasteiger partial charge in [0.15, 0.2) is 8.15 Å². The van der Waals surface area contributed by atoms with E-state index in [1.807, 2.05) is 8.93 Å². The Labute approximate surface area is 41.6 Å². The molecule has 4 heteroatoms. The first-order valence-corrected chi connectivity index (χ1v) is 2.87. The van der Waals surface area contributed by atoms with Crippen LogP contribution < -0.4 is 0 Å². The van der Waals surface area contributed by atoms with Gasteiger partial charge in [0.1, 0.15) is 0 Å². The molecule has 1 unspecified atom stereocenters. The van der Waals surface area contributed by atoms with Crippen molar-refractivity contribution in [3.05, 3.63) is 0 Å². The third kappa shape index (κ3) is 11.0. The van der Waals surface area contributed by atoms with Gasteiger partial charge in [0.05, 0.1) is 0 Å². The fraction of sp³-hybridized carbons (Fsp3) is 0. The molecule has 0 aliphatic rings. The van der Waals surface area contributed by atoms with Gasteiger partial charge < -0.3 is 0 Å². The second kappa shape index (κ2) is 8.91. The van der Waals surface area contributed by atoms with E-state index in [1.165, 1.54) is 0 Å². The van der Waals surface area contributed by atoms with Gasteiger partial charge in [-0.1, -0.05) is 0 Å². The average molecular weight is 181 g/mol. The molecule has 0 spiro atoms. The zero-order valence-corrected chi connectivity index (χ0v) is 5.57. The van der Waals surface area contributed by atoms with E-state index in [2.05, 4.69) is 0 Å². The van der Waals surface area contributed by atoms with Crippen LogP contribution in [-0.4, -0.2) is 0 Å². The van der Waals surface area contributed by atoms with Crippen molar-refractivity contribution in [2.24, 2.45) is 0 Å². The summed E-state index contributed by atoms with van der Waals surface area (Å²) in [7, 11) is 2.08. The summed E-state index contributed by atoms with van der Waals surface area (Å²) in [6.07, 6.45) is 0. The van der Waals surface area contributed by atoms with Crippen LogP contribution in [0, 0.1) is 0 Å². The van der Waals surface area contributed by atoms with Crippen LogP contribution >= 0.6 is 17.1 Å². The summed E-state index contributed by atoms with van der Waals surface area (Å²) in [5.41, 5.74) is 0. The summed E-state index contributed by atoms with van der Waals surface area (Å²) in [6, 6.07) is 0. The topological polar surface area (TPSA) is 17.1 Å². The minimum Gasteiger partial charge on any atom is -0.271 e. The second-order valence-corrected chi connectivity index (χ2v) is 0.949. The van der Waals surface area contributed by atoms with Crippen molar-refractivity contribution in [2.45, 2.75) is 0 Å². The summed E-state index contributed by atoms with van der Waals surface area (Å²) >= 11 is 0. The smallest absolute Gasteiger partial charge is 0.174 e. The van der Waals surface area contributed by atoms with Gasteiger partial charge in [0.25, 0.3) is 0 Å². The molecule has 0 fully saturated rings. The van der Waals surface area contributed by atoms with Gasteiger partial charge in [0, 0.05) is 19.5 Å². The van der Waals surface area contributed by atoms with E-state index >= 15 is 0 Å². The van der Waals surface area contributed by atoms with E-state index in [-0.39, 0.29) is 27.6 Å². The van der Waals surface area contributed by atoms with Gasteiger partial charge in [0.2, 0.25) is 0 Å². The largest absolute Gasteiger partial charge is 0.271 e. The first-order valence-electron chi connectivity index (χ1n) is 0.441. The molecular weight excluding hydrogens is 179 g/mol. The fourth-order valence-corrected chi connectivity index (χ4v) is 0. The van der Waals surface area contributed by atoms with Crippen molar-refractivity contribution >= 4 is 17.1 Å². The van der Waals surface area contributed by atoms with Crippen molar-refractivity contribution < 1.29 is 24.0 Å². The molecule has 0 heterocycles. The first kappa shape index (κ1) is 8.94. The SMILES string of the molecule is O=PP.[Ru]. The van der Waals surface area contributed by atoms with Crippen LogP contribution in [0.3, 0.4) is 0 Å². The molecule has 0 rings (SSSR count). The molecule has 0 aromatic rings. The molecule has 0 aromatic carbocycles. The van der Waals surface area contributed by atoms with Gasteiger partial charge >= 0.3 is 0 Å². The van der Waals surface area contributed by atoms with E-state index in [0.717, 1.165) is 0 Å². The van der Waals surface area contributed by atoms with Crippen LogP contribution in [0.5, 0.6) is 0 Å². The molecule has 26 valence electrons. The molecule has 0 saturated carbocycles. The molecule has 0 aromatic heterocycles. The Morgan fingerprint density at radius 2 is 1.75 bits per heavy atom. The Morgan fingerprint density at radius 1 is 1.75 bits per heavy atom. The molecule has 0 bridgehead atoms. The summed E-state index contributed by atoms with van der Waals surface area (Å²) in [5, 5.41) is 0. The summed E-state index contributed by atoms with van der Waals surface area (Å²) in [5.74, 6) is 0. The summed E-state index contributed by atoms with van der Waals surface area (Å²) in [6.45, 7) is 0. The predicted molar refractivity (Wildman–Crippen MR) is 17.3 cm³/mol. The Balaban J connectivity index is 0. The van der Waals surface area contributed by atoms with Crippen LogP contribution in [0.2, 0.25) is 0 Å². The monoisotopic (exact) mass is 182 g/mol. The normalized spacial score (nSPS) is 5.25. The number of hydrogen-bond donors (Lipinski definition) is 0. The van der Waals surface area contributed by atoms with E-state index in [0.29, 0.717) is 0 Å². The van der Waals surface area contributed by atoms with Crippen molar-refractivity contribution in [1.29, 1.82) is 0 Å². The second-order valence-electron chi connectivity index (χ2n) is 0.105. The molecule has 0 amide bonds. The van der Waals surface area contributed by atoms with E-state index < -0.39 is 0 Å². The molecule has 0 saturated heterocycles. The van der Waals surface area contributed by atoms with Crippen molar-refractivity contribution in [1.82, 2.24) is 0 Å². The van der Waals surface area contributed by atoms with Crippen molar-refractivity contribution in [3.63, 3.8) is 0 Å². The van der Waals surface area contributed by atoms with Crippen LogP contribution in [0.4, 0.5) is 0 Å². The average Bonchev–Trinajstić information content (AvgIpc) is 0.918. The van der Waals surface area contributed by atoms with Gasteiger partial charge in [-0.05, 0) is 8.93 Å². The molecule has 0 N–H and O–H groups in total. The third-order valence-electron chi connectivity index (χ3n) is 0. The van der Waals surface area contributed by atoms with Crippen molar-refractivity contribution in [3.8, 4) is 0 Å². The van der Waals surface area contributed by atoms with E-state index in [4.69, 9.17) is 4.57 Å². The minimum absolute atomic E-state index is 0. The third-order valence-corrected chi connectivity index (χ3v) is 0. The summed E-state index contributed by atoms with van der Waals surface area (Å²) in [4.78, 5) is 0. The van der Waals surface area contributed by atoms with Crippen LogP contribution in [0.25, 0.3) is 0 Å². The number of rotatable bonds is 0. The minimum atomic E-state index is 0. The maximum Gasteiger partial charge on any atom is 0.174 e. The molecule has 0 aliphatic carbocycles. The number of hydrogen-bond acceptors (Lipinski definition) is 1.